The van der Waals surface area contributed by atoms with E-state index in [2.05, 4.69) is 29.0 Å². The Hall–Kier alpha value is -1.51. The van der Waals surface area contributed by atoms with E-state index in [1.165, 1.54) is 0 Å². The van der Waals surface area contributed by atoms with Crippen molar-refractivity contribution in [3.63, 3.8) is 0 Å². The molecule has 0 bridgehead atoms. The van der Waals surface area contributed by atoms with Gasteiger partial charge >= 0.3 is 0 Å². The van der Waals surface area contributed by atoms with Crippen molar-refractivity contribution in [3.8, 4) is 0 Å². The van der Waals surface area contributed by atoms with Gasteiger partial charge in [0.1, 0.15) is 5.52 Å². The average molecular weight is 173 g/mol. The molecule has 0 saturated heterocycles. The van der Waals surface area contributed by atoms with Gasteiger partial charge in [-0.1, -0.05) is 13.8 Å². The van der Waals surface area contributed by atoms with Crippen LogP contribution >= 0.6 is 0 Å². The maximum atomic E-state index is 4.47. The molecule has 0 fully saturated rings. The third kappa shape index (κ3) is 1.49. The first kappa shape index (κ1) is 8.10. The summed E-state index contributed by atoms with van der Waals surface area (Å²) >= 11 is 0. The summed E-state index contributed by atoms with van der Waals surface area (Å²) in [6, 6.07) is 5.85. The molecule has 0 amide bonds. The summed E-state index contributed by atoms with van der Waals surface area (Å²) < 4.78 is 0. The van der Waals surface area contributed by atoms with E-state index in [1.54, 1.807) is 6.20 Å². The van der Waals surface area contributed by atoms with Crippen LogP contribution in [-0.2, 0) is 0 Å². The Morgan fingerprint density at radius 1 is 1.08 bits per heavy atom. The van der Waals surface area contributed by atoms with Crippen molar-refractivity contribution in [3.05, 3.63) is 30.1 Å². The van der Waals surface area contributed by atoms with Crippen molar-refractivity contribution >= 4 is 11.0 Å². The van der Waals surface area contributed by atoms with Gasteiger partial charge in [0.2, 0.25) is 0 Å². The number of nitrogens with zero attached hydrogens (tertiary/aromatic N) is 3. The Morgan fingerprint density at radius 2 is 1.92 bits per heavy atom. The fourth-order valence-corrected chi connectivity index (χ4v) is 1.21. The molecular weight excluding hydrogens is 162 g/mol. The van der Waals surface area contributed by atoms with E-state index < -0.39 is 0 Å². The SMILES string of the molecule is CC(C)c1ccc2nnccc2n1. The van der Waals surface area contributed by atoms with E-state index in [-0.39, 0.29) is 0 Å². The van der Waals surface area contributed by atoms with Crippen molar-refractivity contribution in [2.75, 3.05) is 0 Å². The molecule has 2 aromatic heterocycles. The van der Waals surface area contributed by atoms with Crippen molar-refractivity contribution in [2.45, 2.75) is 19.8 Å². The van der Waals surface area contributed by atoms with E-state index in [9.17, 15) is 0 Å². The first-order valence-corrected chi connectivity index (χ1v) is 4.36. The minimum atomic E-state index is 0.456. The first-order valence-electron chi connectivity index (χ1n) is 4.36. The lowest BCUT2D eigenvalue weighted by molar-refractivity contribution is 0.828. The van der Waals surface area contributed by atoms with Crippen LogP contribution < -0.4 is 0 Å². The molecule has 66 valence electrons. The topological polar surface area (TPSA) is 38.7 Å². The Morgan fingerprint density at radius 3 is 2.69 bits per heavy atom. The molecule has 0 atom stereocenters. The number of rotatable bonds is 1. The number of hydrogen-bond donors (Lipinski definition) is 0. The Labute approximate surface area is 76.8 Å². The minimum Gasteiger partial charge on any atom is -0.251 e. The average Bonchev–Trinajstić information content (AvgIpc) is 2.17. The fourth-order valence-electron chi connectivity index (χ4n) is 1.21. The lowest BCUT2D eigenvalue weighted by atomic mass is 10.1. The molecule has 0 spiro atoms. The van der Waals surface area contributed by atoms with Gasteiger partial charge in [0.05, 0.1) is 11.7 Å². The molecule has 0 N–H and O–H groups in total. The molecule has 0 aliphatic carbocycles. The van der Waals surface area contributed by atoms with Crippen LogP contribution in [0, 0.1) is 0 Å². The lowest BCUT2D eigenvalue weighted by Crippen LogP contribution is -1.93. The number of pyridine rings is 1. The van der Waals surface area contributed by atoms with Crippen LogP contribution in [0.3, 0.4) is 0 Å². The van der Waals surface area contributed by atoms with Crippen LogP contribution in [0.4, 0.5) is 0 Å². The van der Waals surface area contributed by atoms with E-state index in [0.29, 0.717) is 5.92 Å². The molecule has 0 aliphatic heterocycles. The van der Waals surface area contributed by atoms with Gasteiger partial charge in [0.15, 0.2) is 0 Å². The van der Waals surface area contributed by atoms with Gasteiger partial charge in [-0.25, -0.2) is 0 Å². The molecule has 2 heterocycles. The summed E-state index contributed by atoms with van der Waals surface area (Å²) in [6.45, 7) is 4.26. The zero-order valence-electron chi connectivity index (χ0n) is 7.73. The number of hydrogen-bond acceptors (Lipinski definition) is 3. The normalized spacial score (nSPS) is 11.0. The van der Waals surface area contributed by atoms with E-state index in [1.807, 2.05) is 18.2 Å². The molecular formula is C10H11N3. The quantitative estimate of drug-likeness (QED) is 0.663. The third-order valence-electron chi connectivity index (χ3n) is 1.98. The van der Waals surface area contributed by atoms with E-state index >= 15 is 0 Å². The zero-order chi connectivity index (χ0) is 9.26. The predicted molar refractivity (Wildman–Crippen MR) is 51.4 cm³/mol. The van der Waals surface area contributed by atoms with Crippen molar-refractivity contribution < 1.29 is 0 Å². The second kappa shape index (κ2) is 3.09. The molecule has 13 heavy (non-hydrogen) atoms. The second-order valence-electron chi connectivity index (χ2n) is 3.33. The van der Waals surface area contributed by atoms with E-state index in [0.717, 1.165) is 16.7 Å². The lowest BCUT2D eigenvalue weighted by Gasteiger charge is -2.03. The van der Waals surface area contributed by atoms with Crippen LogP contribution in [0.25, 0.3) is 11.0 Å². The Kier molecular flexibility index (Phi) is 1.93. The molecule has 0 unspecified atom stereocenters. The smallest absolute Gasteiger partial charge is 0.111 e. The van der Waals surface area contributed by atoms with Crippen LogP contribution in [-0.4, -0.2) is 15.2 Å². The first-order chi connectivity index (χ1) is 6.27. The van der Waals surface area contributed by atoms with Gasteiger partial charge < -0.3 is 0 Å². The highest BCUT2D eigenvalue weighted by Gasteiger charge is 2.02. The van der Waals surface area contributed by atoms with E-state index in [4.69, 9.17) is 0 Å². The van der Waals surface area contributed by atoms with Crippen molar-refractivity contribution in [1.82, 2.24) is 15.2 Å². The van der Waals surface area contributed by atoms with Gasteiger partial charge in [0, 0.05) is 5.69 Å². The zero-order valence-corrected chi connectivity index (χ0v) is 7.73. The molecule has 0 saturated carbocycles. The van der Waals surface area contributed by atoms with Gasteiger partial charge in [0.25, 0.3) is 0 Å². The maximum absolute atomic E-state index is 4.47. The summed E-state index contributed by atoms with van der Waals surface area (Å²) in [5.41, 5.74) is 2.87. The van der Waals surface area contributed by atoms with Gasteiger partial charge in [-0.15, -0.1) is 5.10 Å². The second-order valence-corrected chi connectivity index (χ2v) is 3.33. The molecule has 2 rings (SSSR count). The monoisotopic (exact) mass is 173 g/mol. The molecule has 2 aromatic rings. The van der Waals surface area contributed by atoms with Crippen LogP contribution in [0.1, 0.15) is 25.5 Å². The van der Waals surface area contributed by atoms with Crippen LogP contribution in [0.5, 0.6) is 0 Å². The predicted octanol–water partition coefficient (Wildman–Crippen LogP) is 2.15. The summed E-state index contributed by atoms with van der Waals surface area (Å²) in [5, 5.41) is 7.77. The van der Waals surface area contributed by atoms with Crippen molar-refractivity contribution in [2.24, 2.45) is 0 Å². The highest BCUT2D eigenvalue weighted by Crippen LogP contribution is 2.14. The van der Waals surface area contributed by atoms with Crippen LogP contribution in [0.15, 0.2) is 24.4 Å². The summed E-state index contributed by atoms with van der Waals surface area (Å²) in [7, 11) is 0. The largest absolute Gasteiger partial charge is 0.251 e. The molecule has 0 aliphatic rings. The third-order valence-corrected chi connectivity index (χ3v) is 1.98. The highest BCUT2D eigenvalue weighted by atomic mass is 15.1. The summed E-state index contributed by atoms with van der Waals surface area (Å²) in [4.78, 5) is 4.47. The molecule has 0 radical (unpaired) electrons. The Balaban J connectivity index is 2.62. The molecule has 3 heteroatoms. The molecule has 0 aromatic carbocycles. The number of aromatic nitrogens is 3. The minimum absolute atomic E-state index is 0.456. The fraction of sp³-hybridized carbons (Fsp3) is 0.300. The molecule has 3 nitrogen and oxygen atoms in total. The summed E-state index contributed by atoms with van der Waals surface area (Å²) in [6.07, 6.45) is 1.67. The van der Waals surface area contributed by atoms with Gasteiger partial charge in [-0.2, -0.15) is 5.10 Å². The summed E-state index contributed by atoms with van der Waals surface area (Å²) in [5.74, 6) is 0.456. The standard InChI is InChI=1S/C10H11N3/c1-7(2)8-3-4-10-9(12-8)5-6-11-13-10/h3-7H,1-2H3. The number of fused-ring (bicyclic) bond motifs is 1. The van der Waals surface area contributed by atoms with Gasteiger partial charge in [-0.3, -0.25) is 4.98 Å². The van der Waals surface area contributed by atoms with Gasteiger partial charge in [-0.05, 0) is 24.1 Å². The maximum Gasteiger partial charge on any atom is 0.111 e. The van der Waals surface area contributed by atoms with Crippen LogP contribution in [0.2, 0.25) is 0 Å². The highest BCUT2D eigenvalue weighted by molar-refractivity contribution is 5.72. The van der Waals surface area contributed by atoms with Crippen molar-refractivity contribution in [1.29, 1.82) is 0 Å². The Bertz CT molecular complexity index is 423.